The van der Waals surface area contributed by atoms with Crippen molar-refractivity contribution < 1.29 is 0 Å². The SMILES string of the molecule is CC(C)CC1(C2CCc3cccnc32)CCCN1. The quantitative estimate of drug-likeness (QED) is 0.882. The predicted octanol–water partition coefficient (Wildman–Crippen LogP) is 3.28. The van der Waals surface area contributed by atoms with Gasteiger partial charge in [0.1, 0.15) is 0 Å². The maximum atomic E-state index is 4.70. The number of nitrogens with zero attached hydrogens (tertiary/aromatic N) is 1. The number of aryl methyl sites for hydroxylation is 1. The zero-order valence-corrected chi connectivity index (χ0v) is 11.6. The van der Waals surface area contributed by atoms with Crippen molar-refractivity contribution in [2.75, 3.05) is 6.54 Å². The van der Waals surface area contributed by atoms with Gasteiger partial charge in [0.05, 0.1) is 0 Å². The van der Waals surface area contributed by atoms with E-state index in [-0.39, 0.29) is 0 Å². The second-order valence-electron chi connectivity index (χ2n) is 6.42. The van der Waals surface area contributed by atoms with Gasteiger partial charge in [-0.05, 0) is 56.2 Å². The van der Waals surface area contributed by atoms with Gasteiger partial charge in [0.25, 0.3) is 0 Å². The highest BCUT2D eigenvalue weighted by Crippen LogP contribution is 2.46. The average molecular weight is 244 g/mol. The van der Waals surface area contributed by atoms with Crippen molar-refractivity contribution in [1.29, 1.82) is 0 Å². The summed E-state index contributed by atoms with van der Waals surface area (Å²) in [7, 11) is 0. The summed E-state index contributed by atoms with van der Waals surface area (Å²) < 4.78 is 0. The molecule has 0 radical (unpaired) electrons. The van der Waals surface area contributed by atoms with Crippen LogP contribution in [0, 0.1) is 5.92 Å². The number of pyridine rings is 1. The molecule has 3 rings (SSSR count). The van der Waals surface area contributed by atoms with E-state index in [9.17, 15) is 0 Å². The molecular weight excluding hydrogens is 220 g/mol. The van der Waals surface area contributed by atoms with Crippen molar-refractivity contribution in [3.63, 3.8) is 0 Å². The second kappa shape index (κ2) is 4.65. The molecule has 1 aliphatic carbocycles. The Hall–Kier alpha value is -0.890. The van der Waals surface area contributed by atoms with Gasteiger partial charge in [-0.2, -0.15) is 0 Å². The van der Waals surface area contributed by atoms with Crippen LogP contribution in [0.3, 0.4) is 0 Å². The molecule has 2 aliphatic rings. The highest BCUT2D eigenvalue weighted by Gasteiger charge is 2.45. The summed E-state index contributed by atoms with van der Waals surface area (Å²) in [6, 6.07) is 4.35. The third kappa shape index (κ3) is 1.97. The van der Waals surface area contributed by atoms with Gasteiger partial charge in [0, 0.05) is 23.3 Å². The van der Waals surface area contributed by atoms with E-state index >= 15 is 0 Å². The molecule has 1 aliphatic heterocycles. The standard InChI is InChI=1S/C16H24N2/c1-12(2)11-16(8-4-10-18-16)14-7-6-13-5-3-9-17-15(13)14/h3,5,9,12,14,18H,4,6-8,10-11H2,1-2H3. The number of rotatable bonds is 3. The Bertz CT molecular complexity index is 419. The van der Waals surface area contributed by atoms with E-state index in [1.807, 2.05) is 6.20 Å². The molecular formula is C16H24N2. The van der Waals surface area contributed by atoms with Gasteiger partial charge in [-0.25, -0.2) is 0 Å². The van der Waals surface area contributed by atoms with Crippen molar-refractivity contribution in [3.8, 4) is 0 Å². The first-order chi connectivity index (χ1) is 8.71. The van der Waals surface area contributed by atoms with E-state index in [2.05, 4.69) is 31.3 Å². The molecule has 0 amide bonds. The predicted molar refractivity (Wildman–Crippen MR) is 74.7 cm³/mol. The summed E-state index contributed by atoms with van der Waals surface area (Å²) in [6.45, 7) is 5.87. The Morgan fingerprint density at radius 2 is 2.39 bits per heavy atom. The van der Waals surface area contributed by atoms with Gasteiger partial charge in [-0.1, -0.05) is 19.9 Å². The largest absolute Gasteiger partial charge is 0.311 e. The van der Waals surface area contributed by atoms with Crippen LogP contribution in [-0.4, -0.2) is 17.1 Å². The minimum atomic E-state index is 0.327. The highest BCUT2D eigenvalue weighted by molar-refractivity contribution is 5.32. The van der Waals surface area contributed by atoms with Gasteiger partial charge in [0.15, 0.2) is 0 Å². The molecule has 2 atom stereocenters. The molecule has 0 aromatic carbocycles. The Kier molecular flexibility index (Phi) is 3.14. The number of hydrogen-bond donors (Lipinski definition) is 1. The Morgan fingerprint density at radius 1 is 1.50 bits per heavy atom. The van der Waals surface area contributed by atoms with Crippen LogP contribution in [0.5, 0.6) is 0 Å². The molecule has 1 N–H and O–H groups in total. The fourth-order valence-electron chi connectivity index (χ4n) is 4.12. The average Bonchev–Trinajstić information content (AvgIpc) is 2.94. The Balaban J connectivity index is 1.93. The lowest BCUT2D eigenvalue weighted by atomic mass is 9.75. The molecule has 98 valence electrons. The van der Waals surface area contributed by atoms with Gasteiger partial charge >= 0.3 is 0 Å². The molecule has 2 heteroatoms. The van der Waals surface area contributed by atoms with E-state index in [1.165, 1.54) is 49.9 Å². The smallest absolute Gasteiger partial charge is 0.0484 e. The monoisotopic (exact) mass is 244 g/mol. The minimum absolute atomic E-state index is 0.327. The second-order valence-corrected chi connectivity index (χ2v) is 6.42. The van der Waals surface area contributed by atoms with Crippen LogP contribution in [0.25, 0.3) is 0 Å². The molecule has 1 saturated heterocycles. The molecule has 0 saturated carbocycles. The summed E-state index contributed by atoms with van der Waals surface area (Å²) >= 11 is 0. The van der Waals surface area contributed by atoms with Crippen molar-refractivity contribution in [2.45, 2.75) is 57.4 Å². The van der Waals surface area contributed by atoms with Crippen molar-refractivity contribution in [1.82, 2.24) is 10.3 Å². The van der Waals surface area contributed by atoms with Crippen LogP contribution in [0.4, 0.5) is 0 Å². The summed E-state index contributed by atoms with van der Waals surface area (Å²) in [5.74, 6) is 1.39. The lowest BCUT2D eigenvalue weighted by Gasteiger charge is -2.37. The van der Waals surface area contributed by atoms with Gasteiger partial charge in [-0.15, -0.1) is 0 Å². The normalized spacial score (nSPS) is 30.9. The fourth-order valence-corrected chi connectivity index (χ4v) is 4.12. The van der Waals surface area contributed by atoms with E-state index in [1.54, 1.807) is 0 Å². The van der Waals surface area contributed by atoms with Crippen LogP contribution in [0.15, 0.2) is 18.3 Å². The summed E-state index contributed by atoms with van der Waals surface area (Å²) in [6.07, 6.45) is 8.40. The number of aromatic nitrogens is 1. The van der Waals surface area contributed by atoms with Gasteiger partial charge in [-0.3, -0.25) is 4.98 Å². The molecule has 1 aromatic heterocycles. The summed E-state index contributed by atoms with van der Waals surface area (Å²) in [5.41, 5.74) is 3.19. The first kappa shape index (κ1) is 12.2. The molecule has 2 nitrogen and oxygen atoms in total. The number of hydrogen-bond acceptors (Lipinski definition) is 2. The maximum Gasteiger partial charge on any atom is 0.0484 e. The van der Waals surface area contributed by atoms with Crippen LogP contribution >= 0.6 is 0 Å². The fraction of sp³-hybridized carbons (Fsp3) is 0.688. The minimum Gasteiger partial charge on any atom is -0.311 e. The van der Waals surface area contributed by atoms with Crippen LogP contribution in [-0.2, 0) is 6.42 Å². The molecule has 1 fully saturated rings. The van der Waals surface area contributed by atoms with Gasteiger partial charge < -0.3 is 5.32 Å². The van der Waals surface area contributed by atoms with E-state index in [0.29, 0.717) is 11.5 Å². The lowest BCUT2D eigenvalue weighted by Crippen LogP contribution is -2.46. The van der Waals surface area contributed by atoms with E-state index in [0.717, 1.165) is 5.92 Å². The molecule has 2 heterocycles. The maximum absolute atomic E-state index is 4.70. The van der Waals surface area contributed by atoms with Crippen molar-refractivity contribution in [3.05, 3.63) is 29.6 Å². The van der Waals surface area contributed by atoms with Crippen LogP contribution in [0.1, 0.15) is 56.7 Å². The highest BCUT2D eigenvalue weighted by atomic mass is 15.0. The van der Waals surface area contributed by atoms with Crippen LogP contribution in [0.2, 0.25) is 0 Å². The molecule has 0 spiro atoms. The Morgan fingerprint density at radius 3 is 3.11 bits per heavy atom. The molecule has 2 unspecified atom stereocenters. The topological polar surface area (TPSA) is 24.9 Å². The van der Waals surface area contributed by atoms with Crippen molar-refractivity contribution in [2.24, 2.45) is 5.92 Å². The first-order valence-corrected chi connectivity index (χ1v) is 7.40. The first-order valence-electron chi connectivity index (χ1n) is 7.40. The third-order valence-corrected chi connectivity index (χ3v) is 4.67. The summed E-state index contributed by atoms with van der Waals surface area (Å²) in [5, 5.41) is 3.84. The molecule has 18 heavy (non-hydrogen) atoms. The lowest BCUT2D eigenvalue weighted by molar-refractivity contribution is 0.246. The van der Waals surface area contributed by atoms with E-state index in [4.69, 9.17) is 4.98 Å². The molecule has 1 aromatic rings. The van der Waals surface area contributed by atoms with Crippen molar-refractivity contribution >= 4 is 0 Å². The molecule has 0 bridgehead atoms. The Labute approximate surface area is 110 Å². The number of nitrogens with one attached hydrogen (secondary N) is 1. The van der Waals surface area contributed by atoms with Gasteiger partial charge in [0.2, 0.25) is 0 Å². The third-order valence-electron chi connectivity index (χ3n) is 4.67. The van der Waals surface area contributed by atoms with E-state index < -0.39 is 0 Å². The number of fused-ring (bicyclic) bond motifs is 1. The van der Waals surface area contributed by atoms with Crippen LogP contribution < -0.4 is 5.32 Å². The zero-order valence-electron chi connectivity index (χ0n) is 11.6. The summed E-state index contributed by atoms with van der Waals surface area (Å²) in [4.78, 5) is 4.70. The zero-order chi connectivity index (χ0) is 12.6.